The first-order valence-electron chi connectivity index (χ1n) is 8.52. The largest absolute Gasteiger partial charge is 0.463 e. The molecule has 0 N–H and O–H groups in total. The van der Waals surface area contributed by atoms with E-state index in [-0.39, 0.29) is 0 Å². The molecule has 0 aliphatic carbocycles. The van der Waals surface area contributed by atoms with Crippen molar-refractivity contribution in [2.75, 3.05) is 0 Å². The summed E-state index contributed by atoms with van der Waals surface area (Å²) in [4.78, 5) is 0. The monoisotopic (exact) mass is 295 g/mol. The highest BCUT2D eigenvalue weighted by atomic mass is 16.3. The fraction of sp³-hybridized carbons (Fsp3) is 0.400. The molecular formula is C20H25NO. The molecule has 22 heavy (non-hydrogen) atoms. The molecule has 0 spiro atoms. The van der Waals surface area contributed by atoms with E-state index in [9.17, 15) is 0 Å². The van der Waals surface area contributed by atoms with Crippen LogP contribution in [0.5, 0.6) is 0 Å². The number of aryl methyl sites for hydroxylation is 1. The molecule has 2 aromatic heterocycles. The third kappa shape index (κ3) is 3.27. The first-order chi connectivity index (χ1) is 10.9. The van der Waals surface area contributed by atoms with E-state index in [1.54, 1.807) is 6.26 Å². The van der Waals surface area contributed by atoms with E-state index in [2.05, 4.69) is 41.8 Å². The molecule has 116 valence electrons. The van der Waals surface area contributed by atoms with Gasteiger partial charge in [0.25, 0.3) is 0 Å². The van der Waals surface area contributed by atoms with E-state index < -0.39 is 0 Å². The molecule has 0 saturated heterocycles. The number of fused-ring (bicyclic) bond motifs is 1. The van der Waals surface area contributed by atoms with Gasteiger partial charge in [-0.05, 0) is 30.7 Å². The number of para-hydroxylation sites is 1. The minimum absolute atomic E-state index is 0.960. The number of benzene rings is 1. The summed E-state index contributed by atoms with van der Waals surface area (Å²) in [6.07, 6.45) is 9.69. The number of hydrogen-bond acceptors (Lipinski definition) is 1. The molecular weight excluding hydrogens is 270 g/mol. The number of nitrogens with zero attached hydrogens (tertiary/aromatic N) is 1. The number of aromatic nitrogens is 1. The normalized spacial score (nSPS) is 11.3. The van der Waals surface area contributed by atoms with Gasteiger partial charge in [-0.15, -0.1) is 0 Å². The van der Waals surface area contributed by atoms with Crippen molar-refractivity contribution in [1.29, 1.82) is 0 Å². The van der Waals surface area contributed by atoms with Crippen molar-refractivity contribution in [2.24, 2.45) is 0 Å². The molecule has 0 aliphatic rings. The molecule has 2 nitrogen and oxygen atoms in total. The van der Waals surface area contributed by atoms with E-state index in [0.717, 1.165) is 12.3 Å². The Balaban J connectivity index is 1.76. The summed E-state index contributed by atoms with van der Waals surface area (Å²) in [6, 6.07) is 14.9. The summed E-state index contributed by atoms with van der Waals surface area (Å²) in [6.45, 7) is 3.33. The van der Waals surface area contributed by atoms with Crippen LogP contribution in [-0.4, -0.2) is 4.57 Å². The van der Waals surface area contributed by atoms with Gasteiger partial charge < -0.3 is 8.98 Å². The lowest BCUT2D eigenvalue weighted by molar-refractivity contribution is 0.551. The third-order valence-electron chi connectivity index (χ3n) is 4.32. The lowest BCUT2D eigenvalue weighted by atomic mass is 10.1. The molecule has 0 unspecified atom stereocenters. The highest BCUT2D eigenvalue weighted by molar-refractivity contribution is 5.86. The summed E-state index contributed by atoms with van der Waals surface area (Å²) in [7, 11) is 0. The second kappa shape index (κ2) is 7.35. The summed E-state index contributed by atoms with van der Waals surface area (Å²) >= 11 is 0. The number of rotatable bonds is 8. The van der Waals surface area contributed by atoms with Crippen LogP contribution in [0.15, 0.2) is 53.1 Å². The van der Waals surface area contributed by atoms with Crippen molar-refractivity contribution < 1.29 is 4.42 Å². The summed E-state index contributed by atoms with van der Waals surface area (Å²) in [5, 5.41) is 1.29. The zero-order valence-corrected chi connectivity index (χ0v) is 13.4. The summed E-state index contributed by atoms with van der Waals surface area (Å²) in [5.41, 5.74) is 2.50. The minimum Gasteiger partial charge on any atom is -0.463 e. The fourth-order valence-corrected chi connectivity index (χ4v) is 3.13. The predicted molar refractivity (Wildman–Crippen MR) is 93.0 cm³/mol. The van der Waals surface area contributed by atoms with Gasteiger partial charge in [-0.1, -0.05) is 57.2 Å². The molecule has 0 radical (unpaired) electrons. The van der Waals surface area contributed by atoms with Gasteiger partial charge >= 0.3 is 0 Å². The molecule has 2 heteroatoms. The molecule has 0 saturated carbocycles. The average molecular weight is 295 g/mol. The topological polar surface area (TPSA) is 18.1 Å². The van der Waals surface area contributed by atoms with Gasteiger partial charge in [0.2, 0.25) is 0 Å². The van der Waals surface area contributed by atoms with E-state index in [4.69, 9.17) is 4.42 Å². The van der Waals surface area contributed by atoms with Crippen LogP contribution in [0, 0.1) is 0 Å². The van der Waals surface area contributed by atoms with E-state index in [0.29, 0.717) is 0 Å². The van der Waals surface area contributed by atoms with Gasteiger partial charge in [0.1, 0.15) is 5.76 Å². The van der Waals surface area contributed by atoms with Gasteiger partial charge in [0.05, 0.1) is 12.0 Å². The van der Waals surface area contributed by atoms with E-state index in [1.165, 1.54) is 55.1 Å². The molecule has 1 aromatic carbocycles. The molecule has 0 aliphatic heterocycles. The SMILES string of the molecule is CCCCCCCCn1c(-c2ccco2)cc2ccccc21. The Labute approximate surface area is 132 Å². The van der Waals surface area contributed by atoms with Gasteiger partial charge in [0, 0.05) is 17.4 Å². The standard InChI is InChI=1S/C20H25NO/c1-2-3-4-5-6-9-14-21-18-12-8-7-11-17(18)16-19(21)20-13-10-15-22-20/h7-8,10-13,15-16H,2-6,9,14H2,1H3. The zero-order chi connectivity index (χ0) is 15.2. The lowest BCUT2D eigenvalue weighted by Gasteiger charge is -2.09. The highest BCUT2D eigenvalue weighted by Gasteiger charge is 2.11. The predicted octanol–water partition coefficient (Wildman–Crippen LogP) is 6.26. The second-order valence-corrected chi connectivity index (χ2v) is 5.99. The first kappa shape index (κ1) is 15.0. The first-order valence-corrected chi connectivity index (χ1v) is 8.52. The minimum atomic E-state index is 0.960. The van der Waals surface area contributed by atoms with Crippen molar-refractivity contribution in [1.82, 2.24) is 4.57 Å². The summed E-state index contributed by atoms with van der Waals surface area (Å²) < 4.78 is 8.04. The van der Waals surface area contributed by atoms with Gasteiger partial charge in [0.15, 0.2) is 0 Å². The Kier molecular flexibility index (Phi) is 4.99. The van der Waals surface area contributed by atoms with Crippen molar-refractivity contribution in [3.63, 3.8) is 0 Å². The number of furan rings is 1. The number of unbranched alkanes of at least 4 members (excludes halogenated alkanes) is 5. The van der Waals surface area contributed by atoms with Crippen molar-refractivity contribution in [2.45, 2.75) is 52.0 Å². The van der Waals surface area contributed by atoms with Crippen LogP contribution in [0.4, 0.5) is 0 Å². The van der Waals surface area contributed by atoms with Gasteiger partial charge in [-0.25, -0.2) is 0 Å². The molecule has 3 rings (SSSR count). The van der Waals surface area contributed by atoms with Crippen LogP contribution in [0.3, 0.4) is 0 Å². The maximum Gasteiger partial charge on any atom is 0.150 e. The average Bonchev–Trinajstić information content (AvgIpc) is 3.18. The zero-order valence-electron chi connectivity index (χ0n) is 13.4. The van der Waals surface area contributed by atoms with Crippen molar-refractivity contribution in [3.8, 4) is 11.5 Å². The molecule has 0 fully saturated rings. The number of hydrogen-bond donors (Lipinski definition) is 0. The molecule has 2 heterocycles. The highest BCUT2D eigenvalue weighted by Crippen LogP contribution is 2.29. The fourth-order valence-electron chi connectivity index (χ4n) is 3.13. The quantitative estimate of drug-likeness (QED) is 0.448. The molecule has 0 amide bonds. The lowest BCUT2D eigenvalue weighted by Crippen LogP contribution is -1.99. The maximum absolute atomic E-state index is 5.63. The van der Waals surface area contributed by atoms with Crippen molar-refractivity contribution in [3.05, 3.63) is 48.7 Å². The van der Waals surface area contributed by atoms with Gasteiger partial charge in [-0.3, -0.25) is 0 Å². The van der Waals surface area contributed by atoms with Crippen LogP contribution in [0.25, 0.3) is 22.4 Å². The molecule has 0 bridgehead atoms. The van der Waals surface area contributed by atoms with Crippen LogP contribution < -0.4 is 0 Å². The van der Waals surface area contributed by atoms with Gasteiger partial charge in [-0.2, -0.15) is 0 Å². The second-order valence-electron chi connectivity index (χ2n) is 5.99. The van der Waals surface area contributed by atoms with Crippen LogP contribution in [0.1, 0.15) is 45.4 Å². The molecule has 3 aromatic rings. The molecule has 0 atom stereocenters. The van der Waals surface area contributed by atoms with E-state index >= 15 is 0 Å². The maximum atomic E-state index is 5.63. The van der Waals surface area contributed by atoms with Crippen LogP contribution in [-0.2, 0) is 6.54 Å². The Morgan fingerprint density at radius 2 is 1.73 bits per heavy atom. The van der Waals surface area contributed by atoms with Crippen LogP contribution >= 0.6 is 0 Å². The Morgan fingerprint density at radius 3 is 2.55 bits per heavy atom. The third-order valence-corrected chi connectivity index (χ3v) is 4.32. The Morgan fingerprint density at radius 1 is 0.909 bits per heavy atom. The van der Waals surface area contributed by atoms with E-state index in [1.807, 2.05) is 12.1 Å². The Bertz CT molecular complexity index is 694. The van der Waals surface area contributed by atoms with Crippen LogP contribution in [0.2, 0.25) is 0 Å². The van der Waals surface area contributed by atoms with Crippen molar-refractivity contribution >= 4 is 10.9 Å². The Hall–Kier alpha value is -1.96. The smallest absolute Gasteiger partial charge is 0.150 e. The summed E-state index contributed by atoms with van der Waals surface area (Å²) in [5.74, 6) is 0.960.